The van der Waals surface area contributed by atoms with Gasteiger partial charge in [-0.2, -0.15) is 8.42 Å². The van der Waals surface area contributed by atoms with Crippen LogP contribution in [0.25, 0.3) is 28.1 Å². The Morgan fingerprint density at radius 1 is 0.911 bits per heavy atom. The van der Waals surface area contributed by atoms with Gasteiger partial charge in [-0.1, -0.05) is 85.1 Å². The van der Waals surface area contributed by atoms with Gasteiger partial charge in [0.1, 0.15) is 18.1 Å². The summed E-state index contributed by atoms with van der Waals surface area (Å²) in [6.07, 6.45) is 4.40. The Labute approximate surface area is 272 Å². The van der Waals surface area contributed by atoms with Crippen LogP contribution in [0.3, 0.4) is 0 Å². The fraction of sp³-hybridized carbons (Fsp3) is 0.176. The molecule has 45 heavy (non-hydrogen) atoms. The smallest absolute Gasteiger partial charge is 0.326 e. The van der Waals surface area contributed by atoms with Gasteiger partial charge in [-0.25, -0.2) is 14.0 Å². The van der Waals surface area contributed by atoms with E-state index in [0.29, 0.717) is 51.5 Å². The summed E-state index contributed by atoms with van der Waals surface area (Å²) in [7, 11) is -3.96. The zero-order chi connectivity index (χ0) is 31.6. The highest BCUT2D eigenvalue weighted by Crippen LogP contribution is 2.33. The van der Waals surface area contributed by atoms with Gasteiger partial charge >= 0.3 is 10.2 Å². The number of para-hydroxylation sites is 1. The molecule has 0 bridgehead atoms. The molecule has 0 unspecified atom stereocenters. The fourth-order valence-corrected chi connectivity index (χ4v) is 6.86. The average Bonchev–Trinajstić information content (AvgIpc) is 3.56. The first-order chi connectivity index (χ1) is 21.7. The van der Waals surface area contributed by atoms with Crippen LogP contribution in [-0.4, -0.2) is 37.0 Å². The molecule has 0 atom stereocenters. The number of imidazole rings is 1. The molecule has 1 N–H and O–H groups in total. The molecule has 1 amide bonds. The van der Waals surface area contributed by atoms with Crippen LogP contribution in [0.4, 0.5) is 5.69 Å². The lowest BCUT2D eigenvalue weighted by molar-refractivity contribution is -0.117. The van der Waals surface area contributed by atoms with E-state index < -0.39 is 16.1 Å². The number of amides is 1. The number of nitrogens with one attached hydrogen (secondary N) is 1. The van der Waals surface area contributed by atoms with Crippen LogP contribution >= 0.6 is 23.2 Å². The number of benzene rings is 4. The van der Waals surface area contributed by atoms with Crippen LogP contribution in [-0.2, 0) is 21.4 Å². The van der Waals surface area contributed by atoms with E-state index in [1.165, 1.54) is 0 Å². The van der Waals surface area contributed by atoms with Gasteiger partial charge in [-0.3, -0.25) is 4.79 Å². The van der Waals surface area contributed by atoms with Crippen LogP contribution in [0.2, 0.25) is 10.0 Å². The first kappa shape index (κ1) is 30.7. The molecule has 0 radical (unpaired) electrons. The van der Waals surface area contributed by atoms with Crippen molar-refractivity contribution >= 4 is 45.0 Å². The first-order valence-corrected chi connectivity index (χ1v) is 16.7. The predicted molar refractivity (Wildman–Crippen MR) is 179 cm³/mol. The first-order valence-electron chi connectivity index (χ1n) is 14.5. The summed E-state index contributed by atoms with van der Waals surface area (Å²) in [4.78, 5) is 16.9. The van der Waals surface area contributed by atoms with E-state index in [1.807, 2.05) is 45.8 Å². The highest BCUT2D eigenvalue weighted by molar-refractivity contribution is 7.92. The average molecular weight is 662 g/mol. The Balaban J connectivity index is 1.36. The van der Waals surface area contributed by atoms with E-state index >= 15 is 0 Å². The molecule has 0 aliphatic carbocycles. The lowest BCUT2D eigenvalue weighted by Crippen LogP contribution is -2.29. The van der Waals surface area contributed by atoms with Crippen molar-refractivity contribution in [3.63, 3.8) is 0 Å². The topological polar surface area (TPSA) is 93.5 Å². The molecular formula is C34H30Cl2N4O4S. The third-order valence-electron chi connectivity index (χ3n) is 7.47. The maximum absolute atomic E-state index is 12.5. The van der Waals surface area contributed by atoms with Crippen LogP contribution in [0, 0.1) is 0 Å². The van der Waals surface area contributed by atoms with Crippen molar-refractivity contribution < 1.29 is 17.9 Å². The largest absolute Gasteiger partial charge is 0.493 e. The van der Waals surface area contributed by atoms with Crippen molar-refractivity contribution in [2.45, 2.75) is 26.2 Å². The zero-order valence-electron chi connectivity index (χ0n) is 24.4. The molecular weight excluding hydrogens is 631 g/mol. The molecule has 4 aromatic carbocycles. The maximum Gasteiger partial charge on any atom is 0.326 e. The quantitative estimate of drug-likeness (QED) is 0.157. The van der Waals surface area contributed by atoms with E-state index in [1.54, 1.807) is 30.3 Å². The Morgan fingerprint density at radius 2 is 1.69 bits per heavy atom. The second kappa shape index (κ2) is 13.0. The molecule has 6 rings (SSSR count). The number of unbranched alkanes of at least 4 members (excludes halogenated alkanes) is 1. The number of aromatic nitrogens is 2. The van der Waals surface area contributed by atoms with Crippen LogP contribution in [0.15, 0.2) is 97.2 Å². The number of carbonyl (C=O) groups excluding carboxylic acids is 1. The third-order valence-corrected chi connectivity index (χ3v) is 9.43. The van der Waals surface area contributed by atoms with Crippen LogP contribution < -0.4 is 13.8 Å². The second-order valence-corrected chi connectivity index (χ2v) is 13.1. The lowest BCUT2D eigenvalue weighted by Gasteiger charge is -2.16. The molecule has 1 saturated heterocycles. The molecule has 1 aromatic heterocycles. The monoisotopic (exact) mass is 660 g/mol. The van der Waals surface area contributed by atoms with E-state index in [4.69, 9.17) is 32.9 Å². The van der Waals surface area contributed by atoms with Gasteiger partial charge in [0, 0.05) is 34.5 Å². The number of anilines is 1. The number of rotatable bonds is 10. The minimum Gasteiger partial charge on any atom is -0.493 e. The predicted octanol–water partition coefficient (Wildman–Crippen LogP) is 7.46. The van der Waals surface area contributed by atoms with Gasteiger partial charge in [0.2, 0.25) is 0 Å². The molecule has 11 heteroatoms. The Kier molecular flexibility index (Phi) is 8.85. The number of hydrogen-bond donors (Lipinski definition) is 1. The van der Waals surface area contributed by atoms with Crippen molar-refractivity contribution in [2.75, 3.05) is 17.5 Å². The van der Waals surface area contributed by atoms with Crippen molar-refractivity contribution in [3.05, 3.63) is 119 Å². The molecule has 1 aliphatic heterocycles. The summed E-state index contributed by atoms with van der Waals surface area (Å²) >= 11 is 12.7. The van der Waals surface area contributed by atoms with Crippen molar-refractivity contribution in [2.24, 2.45) is 0 Å². The fourth-order valence-electron chi connectivity index (χ4n) is 5.21. The summed E-state index contributed by atoms with van der Waals surface area (Å²) in [5.41, 5.74) is 5.49. The zero-order valence-corrected chi connectivity index (χ0v) is 26.7. The molecule has 0 saturated carbocycles. The van der Waals surface area contributed by atoms with Gasteiger partial charge in [0.05, 0.1) is 23.0 Å². The Bertz CT molecular complexity index is 1980. The van der Waals surface area contributed by atoms with E-state index in [2.05, 4.69) is 37.3 Å². The van der Waals surface area contributed by atoms with Gasteiger partial charge in [0.25, 0.3) is 5.91 Å². The number of ether oxygens (including phenoxy) is 1. The maximum atomic E-state index is 12.5. The highest BCUT2D eigenvalue weighted by atomic mass is 35.5. The summed E-state index contributed by atoms with van der Waals surface area (Å²) in [6, 6.07) is 28.5. The van der Waals surface area contributed by atoms with Crippen LogP contribution in [0.1, 0.15) is 31.2 Å². The van der Waals surface area contributed by atoms with Gasteiger partial charge in [-0.05, 0) is 60.0 Å². The van der Waals surface area contributed by atoms with Crippen molar-refractivity contribution in [1.82, 2.24) is 14.3 Å². The normalized spacial score (nSPS) is 14.0. The molecule has 5 aromatic rings. The molecule has 1 fully saturated rings. The van der Waals surface area contributed by atoms with E-state index in [0.717, 1.165) is 39.6 Å². The number of halogens is 2. The Morgan fingerprint density at radius 3 is 2.42 bits per heavy atom. The SMILES string of the molecule is CCCCOc1ccccc1-c1ccc(Cc2nc(-c3ccc(Cl)cc3Cl)cn2-c2cccc(N3CC(=O)NS3(=O)=O)c2)cc1. The molecule has 0 spiro atoms. The van der Waals surface area contributed by atoms with E-state index in [9.17, 15) is 13.2 Å². The minimum atomic E-state index is -3.96. The summed E-state index contributed by atoms with van der Waals surface area (Å²) in [5, 5.41) is 0.980. The van der Waals surface area contributed by atoms with Crippen molar-refractivity contribution in [1.29, 1.82) is 0 Å². The number of nitrogens with zero attached hydrogens (tertiary/aromatic N) is 3. The van der Waals surface area contributed by atoms with Crippen LogP contribution in [0.5, 0.6) is 5.75 Å². The molecule has 230 valence electrons. The molecule has 8 nitrogen and oxygen atoms in total. The second-order valence-electron chi connectivity index (χ2n) is 10.7. The number of hydrogen-bond acceptors (Lipinski definition) is 5. The van der Waals surface area contributed by atoms with Gasteiger partial charge in [0.15, 0.2) is 0 Å². The number of carbonyl (C=O) groups is 1. The summed E-state index contributed by atoms with van der Waals surface area (Å²) in [6.45, 7) is 2.53. The molecule has 2 heterocycles. The van der Waals surface area contributed by atoms with Gasteiger partial charge < -0.3 is 9.30 Å². The lowest BCUT2D eigenvalue weighted by atomic mass is 10.0. The third kappa shape index (κ3) is 6.71. The van der Waals surface area contributed by atoms with Crippen molar-refractivity contribution in [3.8, 4) is 33.8 Å². The standard InChI is InChI=1S/C34H30Cl2N4O4S/c1-2-3-17-44-32-10-5-4-9-28(32)24-13-11-23(12-14-24)18-33-37-31(29-16-15-25(35)19-30(29)36)21-39(33)26-7-6-8-27(20-26)40-22-34(41)38-45(40,42)43/h4-16,19-21H,2-3,17-18,22H2,1H3,(H,38,41). The minimum absolute atomic E-state index is 0.284. The van der Waals surface area contributed by atoms with Gasteiger partial charge in [-0.15, -0.1) is 0 Å². The summed E-state index contributed by atoms with van der Waals surface area (Å²) < 4.78 is 36.1. The van der Waals surface area contributed by atoms with E-state index in [-0.39, 0.29) is 6.54 Å². The Hall–Kier alpha value is -4.31. The summed E-state index contributed by atoms with van der Waals surface area (Å²) in [5.74, 6) is 0.986. The molecule has 1 aliphatic rings. The highest BCUT2D eigenvalue weighted by Gasteiger charge is 2.34.